The van der Waals surface area contributed by atoms with E-state index in [0.29, 0.717) is 6.04 Å². The zero-order valence-electron chi connectivity index (χ0n) is 13.8. The fourth-order valence-corrected chi connectivity index (χ4v) is 3.16. The second kappa shape index (κ2) is 6.28. The largest absolute Gasteiger partial charge is 0.309 e. The quantitative estimate of drug-likeness (QED) is 0.901. The third-order valence-electron chi connectivity index (χ3n) is 4.51. The summed E-state index contributed by atoms with van der Waals surface area (Å²) in [4.78, 5) is 2.67. The number of nitrogens with zero attached hydrogens (tertiary/aromatic N) is 1. The molecule has 1 N–H and O–H groups in total. The Morgan fingerprint density at radius 3 is 2.65 bits per heavy atom. The topological polar surface area (TPSA) is 15.3 Å². The third-order valence-corrected chi connectivity index (χ3v) is 4.51. The average molecular weight is 274 g/mol. The van der Waals surface area contributed by atoms with Gasteiger partial charge in [0.1, 0.15) is 0 Å². The third kappa shape index (κ3) is 3.83. The predicted molar refractivity (Wildman–Crippen MR) is 87.1 cm³/mol. The fraction of sp³-hybridized carbons (Fsp3) is 0.667. The van der Waals surface area contributed by atoms with Gasteiger partial charge in [-0.2, -0.15) is 0 Å². The van der Waals surface area contributed by atoms with Gasteiger partial charge >= 0.3 is 0 Å². The van der Waals surface area contributed by atoms with Crippen LogP contribution < -0.4 is 5.32 Å². The van der Waals surface area contributed by atoms with Crippen LogP contribution in [0.25, 0.3) is 0 Å². The Labute approximate surface area is 124 Å². The van der Waals surface area contributed by atoms with Gasteiger partial charge in [0, 0.05) is 31.2 Å². The first-order chi connectivity index (χ1) is 9.41. The second-order valence-corrected chi connectivity index (χ2v) is 7.03. The van der Waals surface area contributed by atoms with Crippen LogP contribution in [-0.2, 0) is 6.54 Å². The van der Waals surface area contributed by atoms with Crippen LogP contribution in [0, 0.1) is 13.8 Å². The number of aryl methyl sites for hydroxylation is 2. The zero-order valence-corrected chi connectivity index (χ0v) is 13.8. The number of hydrogen-bond donors (Lipinski definition) is 1. The van der Waals surface area contributed by atoms with Crippen molar-refractivity contribution in [2.45, 2.75) is 65.6 Å². The summed E-state index contributed by atoms with van der Waals surface area (Å²) in [5, 5.41) is 3.69. The molecule has 1 unspecified atom stereocenters. The molecule has 0 radical (unpaired) electrons. The van der Waals surface area contributed by atoms with E-state index in [4.69, 9.17) is 0 Å². The maximum Gasteiger partial charge on any atom is 0.0253 e. The first-order valence-corrected chi connectivity index (χ1v) is 7.96. The molecule has 1 aliphatic heterocycles. The minimum absolute atomic E-state index is 0.226. The molecule has 1 aromatic rings. The summed E-state index contributed by atoms with van der Waals surface area (Å²) >= 11 is 0. The summed E-state index contributed by atoms with van der Waals surface area (Å²) in [5.41, 5.74) is 4.47. The number of nitrogens with one attached hydrogen (secondary N) is 1. The minimum Gasteiger partial charge on any atom is -0.309 e. The van der Waals surface area contributed by atoms with Gasteiger partial charge in [0.15, 0.2) is 0 Å². The average Bonchev–Trinajstić information content (AvgIpc) is 2.37. The molecule has 0 saturated carbocycles. The summed E-state index contributed by atoms with van der Waals surface area (Å²) in [7, 11) is 0. The lowest BCUT2D eigenvalue weighted by Crippen LogP contribution is -2.61. The van der Waals surface area contributed by atoms with Gasteiger partial charge in [0.25, 0.3) is 0 Å². The van der Waals surface area contributed by atoms with E-state index in [-0.39, 0.29) is 5.54 Å². The van der Waals surface area contributed by atoms with Gasteiger partial charge in [-0.05, 0) is 50.8 Å². The molecule has 20 heavy (non-hydrogen) atoms. The maximum atomic E-state index is 3.69. The van der Waals surface area contributed by atoms with Gasteiger partial charge in [-0.25, -0.2) is 0 Å². The van der Waals surface area contributed by atoms with Crippen molar-refractivity contribution >= 4 is 0 Å². The van der Waals surface area contributed by atoms with E-state index in [2.05, 4.69) is 63.0 Å². The summed E-state index contributed by atoms with van der Waals surface area (Å²) in [6.07, 6.45) is 2.55. The maximum absolute atomic E-state index is 3.69. The van der Waals surface area contributed by atoms with Crippen molar-refractivity contribution in [2.24, 2.45) is 0 Å². The Balaban J connectivity index is 2.11. The summed E-state index contributed by atoms with van der Waals surface area (Å²) < 4.78 is 0. The molecule has 1 aromatic carbocycles. The molecule has 0 aliphatic carbocycles. The van der Waals surface area contributed by atoms with Crippen molar-refractivity contribution in [2.75, 3.05) is 13.1 Å². The van der Waals surface area contributed by atoms with E-state index in [9.17, 15) is 0 Å². The van der Waals surface area contributed by atoms with E-state index >= 15 is 0 Å². The van der Waals surface area contributed by atoms with Gasteiger partial charge in [0.05, 0.1) is 0 Å². The molecule has 2 rings (SSSR count). The van der Waals surface area contributed by atoms with Crippen LogP contribution in [-0.4, -0.2) is 29.6 Å². The number of hydrogen-bond acceptors (Lipinski definition) is 2. The van der Waals surface area contributed by atoms with E-state index in [0.717, 1.165) is 19.6 Å². The highest BCUT2D eigenvalue weighted by Crippen LogP contribution is 2.21. The Morgan fingerprint density at radius 1 is 1.25 bits per heavy atom. The van der Waals surface area contributed by atoms with Gasteiger partial charge in [-0.1, -0.05) is 31.5 Å². The van der Waals surface area contributed by atoms with Gasteiger partial charge in [-0.15, -0.1) is 0 Å². The summed E-state index contributed by atoms with van der Waals surface area (Å²) in [6, 6.07) is 7.58. The van der Waals surface area contributed by atoms with Crippen LogP contribution in [0.1, 0.15) is 50.3 Å². The van der Waals surface area contributed by atoms with Crippen LogP contribution in [0.3, 0.4) is 0 Å². The highest BCUT2D eigenvalue weighted by molar-refractivity contribution is 5.30. The molecule has 0 aromatic heterocycles. The monoisotopic (exact) mass is 274 g/mol. The lowest BCUT2D eigenvalue weighted by molar-refractivity contribution is 0.0826. The number of rotatable bonds is 4. The highest BCUT2D eigenvalue weighted by atomic mass is 15.2. The first-order valence-electron chi connectivity index (χ1n) is 7.96. The molecule has 1 fully saturated rings. The molecule has 0 bridgehead atoms. The van der Waals surface area contributed by atoms with Gasteiger partial charge < -0.3 is 5.32 Å². The lowest BCUT2D eigenvalue weighted by Gasteiger charge is -2.45. The van der Waals surface area contributed by atoms with Crippen molar-refractivity contribution in [3.05, 3.63) is 34.9 Å². The SMILES string of the molecule is CCCC1CNC(C)(C)CN1Cc1ccc(C)c(C)c1. The van der Waals surface area contributed by atoms with Gasteiger partial charge in [0.2, 0.25) is 0 Å². The predicted octanol–water partition coefficient (Wildman–Crippen LogP) is 3.66. The molecular formula is C18H30N2. The van der Waals surface area contributed by atoms with E-state index in [1.165, 1.54) is 29.5 Å². The molecule has 112 valence electrons. The van der Waals surface area contributed by atoms with Crippen molar-refractivity contribution in [1.82, 2.24) is 10.2 Å². The fourth-order valence-electron chi connectivity index (χ4n) is 3.16. The lowest BCUT2D eigenvalue weighted by atomic mass is 9.95. The molecule has 0 spiro atoms. The standard InChI is InChI=1S/C18H30N2/c1-6-7-17-11-19-18(4,5)13-20(17)12-16-9-8-14(2)15(3)10-16/h8-10,17,19H,6-7,11-13H2,1-5H3. The van der Waals surface area contributed by atoms with E-state index in [1.807, 2.05) is 0 Å². The van der Waals surface area contributed by atoms with Crippen LogP contribution in [0.4, 0.5) is 0 Å². The summed E-state index contributed by atoms with van der Waals surface area (Å²) in [5.74, 6) is 0. The normalized spacial score (nSPS) is 22.9. The van der Waals surface area contributed by atoms with Crippen LogP contribution in [0.5, 0.6) is 0 Å². The molecule has 1 saturated heterocycles. The van der Waals surface area contributed by atoms with E-state index < -0.39 is 0 Å². The first kappa shape index (κ1) is 15.5. The number of piperazine rings is 1. The second-order valence-electron chi connectivity index (χ2n) is 7.03. The Kier molecular flexibility index (Phi) is 4.87. The van der Waals surface area contributed by atoms with E-state index in [1.54, 1.807) is 0 Å². The minimum atomic E-state index is 0.226. The molecule has 1 atom stereocenters. The Hall–Kier alpha value is -0.860. The van der Waals surface area contributed by atoms with Crippen molar-refractivity contribution in [3.8, 4) is 0 Å². The summed E-state index contributed by atoms with van der Waals surface area (Å²) in [6.45, 7) is 14.6. The number of benzene rings is 1. The molecule has 2 heteroatoms. The molecule has 1 aliphatic rings. The molecule has 1 heterocycles. The van der Waals surface area contributed by atoms with Crippen LogP contribution in [0.2, 0.25) is 0 Å². The van der Waals surface area contributed by atoms with Crippen molar-refractivity contribution in [3.63, 3.8) is 0 Å². The highest BCUT2D eigenvalue weighted by Gasteiger charge is 2.31. The zero-order chi connectivity index (χ0) is 14.8. The van der Waals surface area contributed by atoms with Gasteiger partial charge in [-0.3, -0.25) is 4.90 Å². The molecule has 2 nitrogen and oxygen atoms in total. The molecule has 0 amide bonds. The molecular weight excluding hydrogens is 244 g/mol. The van der Waals surface area contributed by atoms with Crippen LogP contribution in [0.15, 0.2) is 18.2 Å². The Bertz CT molecular complexity index is 451. The van der Waals surface area contributed by atoms with Crippen molar-refractivity contribution < 1.29 is 0 Å². The smallest absolute Gasteiger partial charge is 0.0253 e. The van der Waals surface area contributed by atoms with Crippen LogP contribution >= 0.6 is 0 Å². The van der Waals surface area contributed by atoms with Crippen molar-refractivity contribution in [1.29, 1.82) is 0 Å². The Morgan fingerprint density at radius 2 is 2.00 bits per heavy atom.